The molecule has 1 aliphatic heterocycles. The van der Waals surface area contributed by atoms with Crippen LogP contribution in [0.25, 0.3) is 0 Å². The Morgan fingerprint density at radius 2 is 1.97 bits per heavy atom. The van der Waals surface area contributed by atoms with Crippen LogP contribution in [0, 0.1) is 11.7 Å². The van der Waals surface area contributed by atoms with Crippen molar-refractivity contribution >= 4 is 34.5 Å². The van der Waals surface area contributed by atoms with E-state index in [9.17, 15) is 14.0 Å². The van der Waals surface area contributed by atoms with E-state index in [1.54, 1.807) is 45.4 Å². The minimum atomic E-state index is -0.428. The van der Waals surface area contributed by atoms with Crippen LogP contribution in [0.5, 0.6) is 5.75 Å². The molecule has 1 atom stereocenters. The number of nitrogens with zero attached hydrogens (tertiary/aromatic N) is 2. The maximum atomic E-state index is 14.1. The van der Waals surface area contributed by atoms with Crippen LogP contribution in [0.4, 0.5) is 4.39 Å². The fraction of sp³-hybridized carbons (Fsp3) is 0.385. The van der Waals surface area contributed by atoms with Crippen molar-refractivity contribution in [3.63, 3.8) is 0 Å². The van der Waals surface area contributed by atoms with Crippen molar-refractivity contribution in [2.45, 2.75) is 32.7 Å². The standard InChI is InChI=1S/C26H29FN2O3S2/c1-18(2)9-12-28(26(31)24-8-5-14-33-24)16-25(30)29-13-10-23-19(11-15-34-23)21(29)17-32-22-7-4-3-6-20(22)27/h3-8,11,14-15,18,21H,9-10,12-13,16-17H2,1-2H3/t21-/m0/s1. The number of benzene rings is 1. The molecule has 0 fully saturated rings. The zero-order chi connectivity index (χ0) is 24.1. The van der Waals surface area contributed by atoms with Crippen LogP contribution in [0.1, 0.15) is 46.4 Å². The van der Waals surface area contributed by atoms with E-state index in [4.69, 9.17) is 4.74 Å². The number of carbonyl (C=O) groups excluding carboxylic acids is 2. The van der Waals surface area contributed by atoms with Crippen LogP contribution in [0.15, 0.2) is 53.2 Å². The normalized spacial score (nSPS) is 15.3. The van der Waals surface area contributed by atoms with Crippen molar-refractivity contribution in [2.75, 3.05) is 26.2 Å². The summed E-state index contributed by atoms with van der Waals surface area (Å²) in [7, 11) is 0. The molecule has 4 rings (SSSR count). The van der Waals surface area contributed by atoms with Crippen LogP contribution >= 0.6 is 22.7 Å². The summed E-state index contributed by atoms with van der Waals surface area (Å²) in [5.41, 5.74) is 1.04. The van der Waals surface area contributed by atoms with Gasteiger partial charge < -0.3 is 14.5 Å². The zero-order valence-electron chi connectivity index (χ0n) is 19.4. The number of rotatable bonds is 9. The predicted octanol–water partition coefficient (Wildman–Crippen LogP) is 5.64. The van der Waals surface area contributed by atoms with Crippen molar-refractivity contribution in [2.24, 2.45) is 5.92 Å². The number of para-hydroxylation sites is 1. The summed E-state index contributed by atoms with van der Waals surface area (Å²) in [5, 5.41) is 3.89. The second-order valence-corrected chi connectivity index (χ2v) is 10.7. The summed E-state index contributed by atoms with van der Waals surface area (Å²) >= 11 is 3.05. The van der Waals surface area contributed by atoms with Gasteiger partial charge in [-0.1, -0.05) is 32.0 Å². The number of hydrogen-bond acceptors (Lipinski definition) is 5. The number of halogens is 1. The van der Waals surface area contributed by atoms with Crippen molar-refractivity contribution in [3.05, 3.63) is 74.4 Å². The number of hydrogen-bond donors (Lipinski definition) is 0. The highest BCUT2D eigenvalue weighted by Gasteiger charge is 2.34. The SMILES string of the molecule is CC(C)CCN(CC(=O)N1CCc2sccc2[C@@H]1COc1ccccc1F)C(=O)c1cccs1. The lowest BCUT2D eigenvalue weighted by Crippen LogP contribution is -2.48. The largest absolute Gasteiger partial charge is 0.488 e. The first-order chi connectivity index (χ1) is 16.4. The van der Waals surface area contributed by atoms with Crippen molar-refractivity contribution in [3.8, 4) is 5.75 Å². The van der Waals surface area contributed by atoms with Crippen LogP contribution in [0.3, 0.4) is 0 Å². The fourth-order valence-corrected chi connectivity index (χ4v) is 5.70. The Hall–Kier alpha value is -2.71. The molecule has 2 amide bonds. The molecule has 34 heavy (non-hydrogen) atoms. The molecule has 3 aromatic rings. The minimum Gasteiger partial charge on any atom is -0.488 e. The topological polar surface area (TPSA) is 49.9 Å². The van der Waals surface area contributed by atoms with Gasteiger partial charge in [0, 0.05) is 18.0 Å². The summed E-state index contributed by atoms with van der Waals surface area (Å²) in [4.78, 5) is 32.0. The third-order valence-corrected chi connectivity index (χ3v) is 7.82. The third-order valence-electron chi connectivity index (χ3n) is 5.97. The van der Waals surface area contributed by atoms with Crippen molar-refractivity contribution < 1.29 is 18.7 Å². The molecule has 0 spiro atoms. The molecule has 5 nitrogen and oxygen atoms in total. The van der Waals surface area contributed by atoms with E-state index in [1.165, 1.54) is 22.3 Å². The molecular formula is C26H29FN2O3S2. The number of thiophene rings is 2. The van der Waals surface area contributed by atoms with Gasteiger partial charge in [-0.05, 0) is 59.3 Å². The summed E-state index contributed by atoms with van der Waals surface area (Å²) < 4.78 is 20.0. The lowest BCUT2D eigenvalue weighted by Gasteiger charge is -2.37. The quantitative estimate of drug-likeness (QED) is 0.382. The number of amides is 2. The number of carbonyl (C=O) groups is 2. The van der Waals surface area contributed by atoms with E-state index >= 15 is 0 Å². The molecule has 180 valence electrons. The smallest absolute Gasteiger partial charge is 0.264 e. The Kier molecular flexibility index (Phi) is 8.00. The van der Waals surface area contributed by atoms with Crippen molar-refractivity contribution in [1.82, 2.24) is 9.80 Å². The van der Waals surface area contributed by atoms with Gasteiger partial charge in [-0.15, -0.1) is 22.7 Å². The molecule has 0 N–H and O–H groups in total. The lowest BCUT2D eigenvalue weighted by molar-refractivity contribution is -0.135. The number of ether oxygens (including phenoxy) is 1. The minimum absolute atomic E-state index is 0.0130. The molecule has 1 aromatic carbocycles. The highest BCUT2D eigenvalue weighted by Crippen LogP contribution is 2.34. The van der Waals surface area contributed by atoms with Gasteiger partial charge in [0.25, 0.3) is 5.91 Å². The second kappa shape index (κ2) is 11.1. The first-order valence-electron chi connectivity index (χ1n) is 11.5. The van der Waals surface area contributed by atoms with Gasteiger partial charge in [-0.3, -0.25) is 9.59 Å². The Labute approximate surface area is 207 Å². The van der Waals surface area contributed by atoms with Gasteiger partial charge in [0.1, 0.15) is 13.2 Å². The summed E-state index contributed by atoms with van der Waals surface area (Å²) in [6, 6.07) is 11.6. The van der Waals surface area contributed by atoms with Gasteiger partial charge in [-0.2, -0.15) is 0 Å². The Balaban J connectivity index is 1.52. The van der Waals surface area contributed by atoms with Gasteiger partial charge in [0.15, 0.2) is 11.6 Å². The zero-order valence-corrected chi connectivity index (χ0v) is 21.0. The van der Waals surface area contributed by atoms with Crippen LogP contribution < -0.4 is 4.74 Å². The molecule has 0 unspecified atom stereocenters. The van der Waals surface area contributed by atoms with E-state index < -0.39 is 5.82 Å². The Bertz CT molecular complexity index is 1110. The maximum absolute atomic E-state index is 14.1. The molecule has 0 saturated heterocycles. The third kappa shape index (κ3) is 5.67. The van der Waals surface area contributed by atoms with E-state index in [0.29, 0.717) is 23.9 Å². The first kappa shape index (κ1) is 24.4. The van der Waals surface area contributed by atoms with E-state index in [2.05, 4.69) is 13.8 Å². The van der Waals surface area contributed by atoms with Crippen LogP contribution in [-0.4, -0.2) is 47.9 Å². The average Bonchev–Trinajstić information content (AvgIpc) is 3.52. The highest BCUT2D eigenvalue weighted by molar-refractivity contribution is 7.12. The average molecular weight is 501 g/mol. The Morgan fingerprint density at radius 3 is 2.71 bits per heavy atom. The summed E-state index contributed by atoms with van der Waals surface area (Å²) in [5.74, 6) is -0.0742. The second-order valence-electron chi connectivity index (χ2n) is 8.78. The highest BCUT2D eigenvalue weighted by atomic mass is 32.1. The monoisotopic (exact) mass is 500 g/mol. The lowest BCUT2D eigenvalue weighted by atomic mass is 10.0. The molecule has 0 bridgehead atoms. The van der Waals surface area contributed by atoms with Gasteiger partial charge in [0.05, 0.1) is 10.9 Å². The van der Waals surface area contributed by atoms with Gasteiger partial charge >= 0.3 is 0 Å². The van der Waals surface area contributed by atoms with Crippen LogP contribution in [0.2, 0.25) is 0 Å². The molecule has 8 heteroatoms. The van der Waals surface area contributed by atoms with Gasteiger partial charge in [-0.25, -0.2) is 4.39 Å². The molecular weight excluding hydrogens is 471 g/mol. The molecule has 2 aromatic heterocycles. The van der Waals surface area contributed by atoms with E-state index in [0.717, 1.165) is 18.4 Å². The summed E-state index contributed by atoms with van der Waals surface area (Å²) in [6.45, 7) is 5.44. The van der Waals surface area contributed by atoms with Crippen molar-refractivity contribution in [1.29, 1.82) is 0 Å². The fourth-order valence-electron chi connectivity index (χ4n) is 4.08. The Morgan fingerprint density at radius 1 is 1.15 bits per heavy atom. The summed E-state index contributed by atoms with van der Waals surface area (Å²) in [6.07, 6.45) is 1.58. The predicted molar refractivity (Wildman–Crippen MR) is 134 cm³/mol. The maximum Gasteiger partial charge on any atom is 0.264 e. The molecule has 1 aliphatic rings. The first-order valence-corrected chi connectivity index (χ1v) is 13.3. The van der Waals surface area contributed by atoms with Gasteiger partial charge in [0.2, 0.25) is 5.91 Å². The number of fused-ring (bicyclic) bond motifs is 1. The van der Waals surface area contributed by atoms with E-state index in [1.807, 2.05) is 22.9 Å². The van der Waals surface area contributed by atoms with Crippen LogP contribution in [-0.2, 0) is 11.2 Å². The van der Waals surface area contributed by atoms with E-state index in [-0.39, 0.29) is 36.8 Å². The molecule has 0 saturated carbocycles. The molecule has 3 heterocycles. The molecule has 0 radical (unpaired) electrons. The molecule has 0 aliphatic carbocycles.